The standard InChI is InChI=1S/C20H25N3O/c1-4-18-14-22(3)19-8-6-5-7-16(19)13-23(18)20(24)21-17-11-9-15(2)10-12-17/h5-12,18H,4,13-14H2,1-3H3,(H,21,24). The smallest absolute Gasteiger partial charge is 0.322 e. The van der Waals surface area contributed by atoms with Gasteiger partial charge < -0.3 is 15.1 Å². The first-order valence-electron chi connectivity index (χ1n) is 8.52. The molecule has 1 aliphatic rings. The number of benzene rings is 2. The Morgan fingerprint density at radius 1 is 1.17 bits per heavy atom. The van der Waals surface area contributed by atoms with Crippen molar-refractivity contribution in [2.45, 2.75) is 32.9 Å². The fourth-order valence-electron chi connectivity index (χ4n) is 3.26. The molecule has 1 heterocycles. The third-order valence-corrected chi connectivity index (χ3v) is 4.70. The monoisotopic (exact) mass is 323 g/mol. The molecule has 0 spiro atoms. The maximum absolute atomic E-state index is 12.9. The van der Waals surface area contributed by atoms with Crippen molar-refractivity contribution >= 4 is 17.4 Å². The Bertz CT molecular complexity index is 711. The van der Waals surface area contributed by atoms with Crippen molar-refractivity contribution in [2.75, 3.05) is 23.8 Å². The zero-order valence-electron chi connectivity index (χ0n) is 14.6. The molecule has 3 rings (SSSR count). The van der Waals surface area contributed by atoms with E-state index in [0.717, 1.165) is 18.7 Å². The van der Waals surface area contributed by atoms with E-state index < -0.39 is 0 Å². The Balaban J connectivity index is 1.84. The van der Waals surface area contributed by atoms with Crippen LogP contribution in [0.1, 0.15) is 24.5 Å². The number of amides is 2. The molecule has 1 atom stereocenters. The van der Waals surface area contributed by atoms with Gasteiger partial charge in [0.25, 0.3) is 0 Å². The molecular formula is C20H25N3O. The average Bonchev–Trinajstić information content (AvgIpc) is 2.74. The van der Waals surface area contributed by atoms with Gasteiger partial charge in [0.15, 0.2) is 0 Å². The molecule has 2 amide bonds. The summed E-state index contributed by atoms with van der Waals surface area (Å²) in [5.74, 6) is 0. The van der Waals surface area contributed by atoms with Gasteiger partial charge in [-0.3, -0.25) is 0 Å². The van der Waals surface area contributed by atoms with Gasteiger partial charge in [0.05, 0.1) is 6.04 Å². The van der Waals surface area contributed by atoms with Crippen LogP contribution in [0.5, 0.6) is 0 Å². The molecular weight excluding hydrogens is 298 g/mol. The third kappa shape index (κ3) is 3.37. The molecule has 1 unspecified atom stereocenters. The summed E-state index contributed by atoms with van der Waals surface area (Å²) >= 11 is 0. The number of hydrogen-bond donors (Lipinski definition) is 1. The maximum atomic E-state index is 12.9. The second-order valence-electron chi connectivity index (χ2n) is 6.50. The SMILES string of the molecule is CCC1CN(C)c2ccccc2CN1C(=O)Nc1ccc(C)cc1. The van der Waals surface area contributed by atoms with Gasteiger partial charge in [0, 0.05) is 31.5 Å². The van der Waals surface area contributed by atoms with Crippen molar-refractivity contribution in [3.05, 3.63) is 59.7 Å². The van der Waals surface area contributed by atoms with Gasteiger partial charge >= 0.3 is 6.03 Å². The molecule has 4 heteroatoms. The summed E-state index contributed by atoms with van der Waals surface area (Å²) in [4.78, 5) is 17.1. The molecule has 0 aromatic heterocycles. The largest absolute Gasteiger partial charge is 0.372 e. The van der Waals surface area contributed by atoms with E-state index in [1.165, 1.54) is 16.8 Å². The van der Waals surface area contributed by atoms with E-state index in [1.807, 2.05) is 42.2 Å². The Morgan fingerprint density at radius 2 is 1.88 bits per heavy atom. The highest BCUT2D eigenvalue weighted by Gasteiger charge is 2.28. The van der Waals surface area contributed by atoms with E-state index >= 15 is 0 Å². The van der Waals surface area contributed by atoms with Gasteiger partial charge in [-0.2, -0.15) is 0 Å². The second kappa shape index (κ2) is 6.95. The number of rotatable bonds is 2. The summed E-state index contributed by atoms with van der Waals surface area (Å²) in [7, 11) is 2.10. The van der Waals surface area contributed by atoms with E-state index in [-0.39, 0.29) is 12.1 Å². The molecule has 0 radical (unpaired) electrons. The topological polar surface area (TPSA) is 35.6 Å². The van der Waals surface area contributed by atoms with Crippen LogP contribution < -0.4 is 10.2 Å². The van der Waals surface area contributed by atoms with Gasteiger partial charge in [-0.05, 0) is 37.1 Å². The summed E-state index contributed by atoms with van der Waals surface area (Å²) in [6.07, 6.45) is 0.930. The maximum Gasteiger partial charge on any atom is 0.322 e. The predicted octanol–water partition coefficient (Wildman–Crippen LogP) is 4.26. The van der Waals surface area contributed by atoms with Crippen LogP contribution in [-0.4, -0.2) is 30.6 Å². The first-order valence-corrected chi connectivity index (χ1v) is 8.52. The Morgan fingerprint density at radius 3 is 2.58 bits per heavy atom. The first-order chi connectivity index (χ1) is 11.6. The van der Waals surface area contributed by atoms with Crippen LogP contribution in [0, 0.1) is 6.92 Å². The van der Waals surface area contributed by atoms with E-state index in [1.54, 1.807) is 0 Å². The number of fused-ring (bicyclic) bond motifs is 1. The number of para-hydroxylation sites is 1. The molecule has 126 valence electrons. The number of nitrogens with one attached hydrogen (secondary N) is 1. The summed E-state index contributed by atoms with van der Waals surface area (Å²) in [6, 6.07) is 16.4. The highest BCUT2D eigenvalue weighted by Crippen LogP contribution is 2.27. The summed E-state index contributed by atoms with van der Waals surface area (Å²) in [5.41, 5.74) is 4.42. The van der Waals surface area contributed by atoms with Crippen molar-refractivity contribution in [1.29, 1.82) is 0 Å². The van der Waals surface area contributed by atoms with Crippen LogP contribution in [0.2, 0.25) is 0 Å². The Kier molecular flexibility index (Phi) is 4.74. The number of hydrogen-bond acceptors (Lipinski definition) is 2. The van der Waals surface area contributed by atoms with Crippen LogP contribution in [-0.2, 0) is 6.54 Å². The van der Waals surface area contributed by atoms with Crippen LogP contribution >= 0.6 is 0 Å². The molecule has 1 aliphatic heterocycles. The van der Waals surface area contributed by atoms with Crippen molar-refractivity contribution in [2.24, 2.45) is 0 Å². The number of nitrogens with zero attached hydrogens (tertiary/aromatic N) is 2. The highest BCUT2D eigenvalue weighted by atomic mass is 16.2. The van der Waals surface area contributed by atoms with E-state index in [4.69, 9.17) is 0 Å². The second-order valence-corrected chi connectivity index (χ2v) is 6.50. The molecule has 24 heavy (non-hydrogen) atoms. The summed E-state index contributed by atoms with van der Waals surface area (Å²) in [5, 5.41) is 3.05. The lowest BCUT2D eigenvalue weighted by atomic mass is 10.1. The van der Waals surface area contributed by atoms with Gasteiger partial charge in [0.2, 0.25) is 0 Å². The minimum atomic E-state index is -0.0317. The summed E-state index contributed by atoms with van der Waals surface area (Å²) < 4.78 is 0. The molecule has 2 aromatic carbocycles. The molecule has 0 aliphatic carbocycles. The normalized spacial score (nSPS) is 17.2. The van der Waals surface area contributed by atoms with Gasteiger partial charge in [-0.15, -0.1) is 0 Å². The third-order valence-electron chi connectivity index (χ3n) is 4.70. The van der Waals surface area contributed by atoms with Crippen LogP contribution in [0.25, 0.3) is 0 Å². The number of aryl methyl sites for hydroxylation is 1. The minimum absolute atomic E-state index is 0.0317. The molecule has 0 saturated carbocycles. The fraction of sp³-hybridized carbons (Fsp3) is 0.350. The van der Waals surface area contributed by atoms with Crippen molar-refractivity contribution in [3.8, 4) is 0 Å². The molecule has 0 saturated heterocycles. The fourth-order valence-corrected chi connectivity index (χ4v) is 3.26. The predicted molar refractivity (Wildman–Crippen MR) is 99.5 cm³/mol. The highest BCUT2D eigenvalue weighted by molar-refractivity contribution is 5.89. The van der Waals surface area contributed by atoms with E-state index in [2.05, 4.69) is 42.4 Å². The Labute approximate surface area is 144 Å². The molecule has 4 nitrogen and oxygen atoms in total. The van der Waals surface area contributed by atoms with Crippen LogP contribution in [0.3, 0.4) is 0 Å². The number of carbonyl (C=O) groups excluding carboxylic acids is 1. The lowest BCUT2D eigenvalue weighted by Crippen LogP contribution is -2.45. The Hall–Kier alpha value is -2.49. The number of urea groups is 1. The molecule has 0 fully saturated rings. The van der Waals surface area contributed by atoms with Gasteiger partial charge in [-0.25, -0.2) is 4.79 Å². The quantitative estimate of drug-likeness (QED) is 0.896. The van der Waals surface area contributed by atoms with Gasteiger partial charge in [-0.1, -0.05) is 42.8 Å². The van der Waals surface area contributed by atoms with Crippen LogP contribution in [0.15, 0.2) is 48.5 Å². The van der Waals surface area contributed by atoms with E-state index in [9.17, 15) is 4.79 Å². The van der Waals surface area contributed by atoms with Crippen LogP contribution in [0.4, 0.5) is 16.2 Å². The lowest BCUT2D eigenvalue weighted by Gasteiger charge is -2.30. The number of carbonyl (C=O) groups is 1. The lowest BCUT2D eigenvalue weighted by molar-refractivity contribution is 0.185. The van der Waals surface area contributed by atoms with Gasteiger partial charge in [0.1, 0.15) is 0 Å². The molecule has 2 aromatic rings. The summed E-state index contributed by atoms with van der Waals surface area (Å²) in [6.45, 7) is 5.66. The first kappa shape index (κ1) is 16.4. The van der Waals surface area contributed by atoms with Crippen molar-refractivity contribution < 1.29 is 4.79 Å². The molecule has 1 N–H and O–H groups in total. The van der Waals surface area contributed by atoms with Crippen molar-refractivity contribution in [3.63, 3.8) is 0 Å². The van der Waals surface area contributed by atoms with Crippen molar-refractivity contribution in [1.82, 2.24) is 4.90 Å². The minimum Gasteiger partial charge on any atom is -0.372 e. The average molecular weight is 323 g/mol. The zero-order valence-corrected chi connectivity index (χ0v) is 14.6. The zero-order chi connectivity index (χ0) is 17.1. The number of likely N-dealkylation sites (N-methyl/N-ethyl adjacent to an activating group) is 1. The molecule has 0 bridgehead atoms. The number of anilines is 2. The van der Waals surface area contributed by atoms with E-state index in [0.29, 0.717) is 6.54 Å².